The van der Waals surface area contributed by atoms with Crippen molar-refractivity contribution in [1.82, 2.24) is 4.90 Å². The van der Waals surface area contributed by atoms with Gasteiger partial charge in [-0.15, -0.1) is 0 Å². The van der Waals surface area contributed by atoms with Gasteiger partial charge in [0.05, 0.1) is 5.41 Å². The van der Waals surface area contributed by atoms with Crippen LogP contribution in [0.4, 0.5) is 4.79 Å². The van der Waals surface area contributed by atoms with E-state index < -0.39 is 17.0 Å². The normalized spacial score (nSPS) is 29.6. The fourth-order valence-corrected chi connectivity index (χ4v) is 3.16. The summed E-state index contributed by atoms with van der Waals surface area (Å²) in [5.41, 5.74) is -1.32. The highest BCUT2D eigenvalue weighted by Gasteiger charge is 2.72. The number of carbonyl (C=O) groups is 2. The van der Waals surface area contributed by atoms with E-state index >= 15 is 0 Å². The summed E-state index contributed by atoms with van der Waals surface area (Å²) in [6, 6.07) is 0. The Hall–Kier alpha value is -1.26. The average molecular weight is 269 g/mol. The summed E-state index contributed by atoms with van der Waals surface area (Å²) in [5, 5.41) is 9.45. The summed E-state index contributed by atoms with van der Waals surface area (Å²) < 4.78 is 5.28. The zero-order valence-corrected chi connectivity index (χ0v) is 12.3. The molecule has 0 spiro atoms. The van der Waals surface area contributed by atoms with Crippen LogP contribution in [-0.4, -0.2) is 40.8 Å². The van der Waals surface area contributed by atoms with Gasteiger partial charge in [0.15, 0.2) is 0 Å². The minimum atomic E-state index is -0.730. The summed E-state index contributed by atoms with van der Waals surface area (Å²) >= 11 is 0. The van der Waals surface area contributed by atoms with E-state index in [1.165, 1.54) is 0 Å². The molecule has 1 aliphatic carbocycles. The SMILES string of the molecule is CC(C)(C)OC(=O)N1CC(C2(C(=O)O)CC2(C)C)C1. The maximum atomic E-state index is 11.8. The van der Waals surface area contributed by atoms with Crippen LogP contribution < -0.4 is 0 Å². The second-order valence-electron chi connectivity index (χ2n) is 7.42. The Labute approximate surface area is 113 Å². The number of likely N-dealkylation sites (tertiary alicyclic amines) is 1. The molecule has 1 unspecified atom stereocenters. The molecule has 0 bridgehead atoms. The van der Waals surface area contributed by atoms with Gasteiger partial charge >= 0.3 is 12.1 Å². The molecule has 5 heteroatoms. The predicted octanol–water partition coefficient (Wildman–Crippen LogP) is 2.35. The van der Waals surface area contributed by atoms with Crippen LogP contribution in [0, 0.1) is 16.7 Å². The van der Waals surface area contributed by atoms with E-state index in [2.05, 4.69) is 0 Å². The van der Waals surface area contributed by atoms with Crippen LogP contribution in [0.5, 0.6) is 0 Å². The second-order valence-corrected chi connectivity index (χ2v) is 7.42. The first-order chi connectivity index (χ1) is 8.49. The van der Waals surface area contributed by atoms with Gasteiger partial charge in [0, 0.05) is 19.0 Å². The summed E-state index contributed by atoms with van der Waals surface area (Å²) in [7, 11) is 0. The zero-order valence-electron chi connectivity index (χ0n) is 12.3. The van der Waals surface area contributed by atoms with Crippen LogP contribution >= 0.6 is 0 Å². The quantitative estimate of drug-likeness (QED) is 0.835. The molecule has 1 heterocycles. The molecule has 0 aromatic rings. The molecule has 0 aromatic heterocycles. The Morgan fingerprint density at radius 1 is 1.26 bits per heavy atom. The number of hydrogen-bond donors (Lipinski definition) is 1. The number of carboxylic acid groups (broad SMARTS) is 1. The van der Waals surface area contributed by atoms with E-state index in [1.54, 1.807) is 4.90 Å². The molecule has 1 atom stereocenters. The lowest BCUT2D eigenvalue weighted by molar-refractivity contribution is -0.150. The third-order valence-corrected chi connectivity index (χ3v) is 4.42. The van der Waals surface area contributed by atoms with Gasteiger partial charge in [-0.25, -0.2) is 4.79 Å². The molecular weight excluding hydrogens is 246 g/mol. The van der Waals surface area contributed by atoms with Gasteiger partial charge in [-0.05, 0) is 32.6 Å². The van der Waals surface area contributed by atoms with Crippen molar-refractivity contribution in [2.75, 3.05) is 13.1 Å². The molecule has 0 radical (unpaired) electrons. The van der Waals surface area contributed by atoms with E-state index in [0.717, 1.165) is 0 Å². The molecule has 108 valence electrons. The van der Waals surface area contributed by atoms with Gasteiger partial charge in [-0.1, -0.05) is 13.8 Å². The van der Waals surface area contributed by atoms with Crippen molar-refractivity contribution in [2.45, 2.75) is 46.6 Å². The van der Waals surface area contributed by atoms with Crippen molar-refractivity contribution in [1.29, 1.82) is 0 Å². The average Bonchev–Trinajstić information content (AvgIpc) is 2.63. The number of carbonyl (C=O) groups excluding carboxylic acids is 1. The monoisotopic (exact) mass is 269 g/mol. The Kier molecular flexibility index (Phi) is 2.88. The second kappa shape index (κ2) is 3.87. The highest BCUT2D eigenvalue weighted by Crippen LogP contribution is 2.69. The van der Waals surface area contributed by atoms with Crippen LogP contribution in [-0.2, 0) is 9.53 Å². The molecule has 1 saturated carbocycles. The van der Waals surface area contributed by atoms with E-state index in [9.17, 15) is 14.7 Å². The Morgan fingerprint density at radius 3 is 2.05 bits per heavy atom. The van der Waals surface area contributed by atoms with Gasteiger partial charge in [0.2, 0.25) is 0 Å². The standard InChI is InChI=1S/C14H23NO4/c1-12(2,3)19-11(18)15-6-9(7-15)14(10(16)17)8-13(14,4)5/h9H,6-8H2,1-5H3,(H,16,17). The summed E-state index contributed by atoms with van der Waals surface area (Å²) in [4.78, 5) is 24.9. The maximum Gasteiger partial charge on any atom is 0.410 e. The molecule has 0 aromatic carbocycles. The largest absolute Gasteiger partial charge is 0.481 e. The van der Waals surface area contributed by atoms with E-state index in [4.69, 9.17) is 4.74 Å². The number of ether oxygens (including phenoxy) is 1. The topological polar surface area (TPSA) is 66.8 Å². The first-order valence-corrected chi connectivity index (χ1v) is 6.71. The number of nitrogens with zero attached hydrogens (tertiary/aromatic N) is 1. The first kappa shape index (κ1) is 14.2. The number of hydrogen-bond acceptors (Lipinski definition) is 3. The third-order valence-electron chi connectivity index (χ3n) is 4.42. The van der Waals surface area contributed by atoms with Gasteiger partial charge in [0.1, 0.15) is 5.60 Å². The van der Waals surface area contributed by atoms with Crippen LogP contribution in [0.25, 0.3) is 0 Å². The molecule has 2 rings (SSSR count). The lowest BCUT2D eigenvalue weighted by Crippen LogP contribution is -2.56. The van der Waals surface area contributed by atoms with Crippen molar-refractivity contribution < 1.29 is 19.4 Å². The molecule has 5 nitrogen and oxygen atoms in total. The van der Waals surface area contributed by atoms with Gasteiger partial charge < -0.3 is 14.7 Å². The molecular formula is C14H23NO4. The minimum Gasteiger partial charge on any atom is -0.481 e. The molecule has 1 N–H and O–H groups in total. The number of rotatable bonds is 2. The van der Waals surface area contributed by atoms with Crippen LogP contribution in [0.1, 0.15) is 41.0 Å². The van der Waals surface area contributed by atoms with Crippen LogP contribution in [0.2, 0.25) is 0 Å². The Bertz CT molecular complexity index is 418. The fourth-order valence-electron chi connectivity index (χ4n) is 3.16. The van der Waals surface area contributed by atoms with E-state index in [-0.39, 0.29) is 17.4 Å². The lowest BCUT2D eigenvalue weighted by atomic mass is 9.78. The van der Waals surface area contributed by atoms with Crippen molar-refractivity contribution in [2.24, 2.45) is 16.7 Å². The van der Waals surface area contributed by atoms with Crippen molar-refractivity contribution in [3.63, 3.8) is 0 Å². The molecule has 2 fully saturated rings. The highest BCUT2D eigenvalue weighted by atomic mass is 16.6. The van der Waals surface area contributed by atoms with Gasteiger partial charge in [-0.3, -0.25) is 4.79 Å². The van der Waals surface area contributed by atoms with Crippen molar-refractivity contribution in [3.8, 4) is 0 Å². The Morgan fingerprint density at radius 2 is 1.74 bits per heavy atom. The number of amides is 1. The van der Waals surface area contributed by atoms with E-state index in [1.807, 2.05) is 34.6 Å². The molecule has 1 amide bonds. The molecule has 2 aliphatic rings. The molecule has 19 heavy (non-hydrogen) atoms. The van der Waals surface area contributed by atoms with Crippen molar-refractivity contribution in [3.05, 3.63) is 0 Å². The molecule has 1 aliphatic heterocycles. The summed E-state index contributed by atoms with van der Waals surface area (Å²) in [6.45, 7) is 10.4. The van der Waals surface area contributed by atoms with Crippen LogP contribution in [0.15, 0.2) is 0 Å². The zero-order chi connectivity index (χ0) is 14.6. The van der Waals surface area contributed by atoms with Crippen LogP contribution in [0.3, 0.4) is 0 Å². The smallest absolute Gasteiger partial charge is 0.410 e. The maximum absolute atomic E-state index is 11.8. The predicted molar refractivity (Wildman–Crippen MR) is 69.8 cm³/mol. The first-order valence-electron chi connectivity index (χ1n) is 6.71. The molecule has 1 saturated heterocycles. The van der Waals surface area contributed by atoms with Gasteiger partial charge in [-0.2, -0.15) is 0 Å². The highest BCUT2D eigenvalue weighted by molar-refractivity contribution is 5.81. The third kappa shape index (κ3) is 2.19. The summed E-state index contributed by atoms with van der Waals surface area (Å²) in [6.07, 6.45) is 0.352. The lowest BCUT2D eigenvalue weighted by Gasteiger charge is -2.43. The van der Waals surface area contributed by atoms with Crippen molar-refractivity contribution >= 4 is 12.1 Å². The number of carboxylic acids is 1. The summed E-state index contributed by atoms with van der Waals surface area (Å²) in [5.74, 6) is -0.682. The fraction of sp³-hybridized carbons (Fsp3) is 0.857. The Balaban J connectivity index is 1.94. The minimum absolute atomic E-state index is 0.0486. The number of aliphatic carboxylic acids is 1. The van der Waals surface area contributed by atoms with Gasteiger partial charge in [0.25, 0.3) is 0 Å². The van der Waals surface area contributed by atoms with E-state index in [0.29, 0.717) is 19.5 Å².